The van der Waals surface area contributed by atoms with Crippen LogP contribution in [0.2, 0.25) is 0 Å². The van der Waals surface area contributed by atoms with E-state index in [2.05, 4.69) is 6.92 Å². The molecule has 0 atom stereocenters. The van der Waals surface area contributed by atoms with Gasteiger partial charge in [-0.05, 0) is 49.8 Å². The maximum atomic E-state index is 13.1. The summed E-state index contributed by atoms with van der Waals surface area (Å²) in [6.07, 6.45) is 4.89. The first-order valence-electron chi connectivity index (χ1n) is 10.9. The number of carbonyl (C=O) groups is 1. The largest absolute Gasteiger partial charge is 0.381 e. The van der Waals surface area contributed by atoms with Crippen LogP contribution in [-0.2, 0) is 30.7 Å². The lowest BCUT2D eigenvalue weighted by molar-refractivity contribution is -0.143. The Balaban J connectivity index is 1.67. The van der Waals surface area contributed by atoms with Gasteiger partial charge in [0.15, 0.2) is 0 Å². The highest BCUT2D eigenvalue weighted by Crippen LogP contribution is 2.27. The molecule has 2 aliphatic rings. The SMILES string of the molecule is CCCc1ccc(S(=O)(=O)N2CCC(N(C(=O)COC)C3CCOCC3)CC2)cc1. The van der Waals surface area contributed by atoms with E-state index in [9.17, 15) is 13.2 Å². The van der Waals surface area contributed by atoms with Crippen molar-refractivity contribution < 1.29 is 22.7 Å². The van der Waals surface area contributed by atoms with E-state index < -0.39 is 10.0 Å². The standard InChI is InChI=1S/C22H34N2O5S/c1-3-4-18-5-7-21(8-6-18)30(26,27)23-13-9-19(10-14-23)24(22(25)17-28-2)20-11-15-29-16-12-20/h5-8,19-20H,3-4,9-17H2,1-2H3. The molecule has 168 valence electrons. The first-order valence-corrected chi connectivity index (χ1v) is 12.4. The predicted octanol–water partition coefficient (Wildman–Crippen LogP) is 2.45. The zero-order valence-corrected chi connectivity index (χ0v) is 18.9. The normalized spacial score (nSPS) is 19.7. The molecule has 2 heterocycles. The topological polar surface area (TPSA) is 76.2 Å². The summed E-state index contributed by atoms with van der Waals surface area (Å²) < 4.78 is 38.3. The minimum Gasteiger partial charge on any atom is -0.381 e. The van der Waals surface area contributed by atoms with Gasteiger partial charge in [0.05, 0.1) is 4.90 Å². The zero-order valence-electron chi connectivity index (χ0n) is 18.1. The maximum Gasteiger partial charge on any atom is 0.249 e. The molecule has 0 unspecified atom stereocenters. The van der Waals surface area contributed by atoms with Crippen molar-refractivity contribution in [2.75, 3.05) is 40.0 Å². The molecule has 0 aromatic heterocycles. The molecule has 0 saturated carbocycles. The smallest absolute Gasteiger partial charge is 0.249 e. The lowest BCUT2D eigenvalue weighted by Gasteiger charge is -2.43. The number of methoxy groups -OCH3 is 1. The summed E-state index contributed by atoms with van der Waals surface area (Å²) in [6.45, 7) is 4.31. The highest BCUT2D eigenvalue weighted by molar-refractivity contribution is 7.89. The van der Waals surface area contributed by atoms with Crippen LogP contribution in [0.4, 0.5) is 0 Å². The van der Waals surface area contributed by atoms with Gasteiger partial charge < -0.3 is 14.4 Å². The Bertz CT molecular complexity index is 782. The van der Waals surface area contributed by atoms with E-state index in [1.54, 1.807) is 16.4 Å². The molecule has 1 aromatic carbocycles. The van der Waals surface area contributed by atoms with E-state index in [0.717, 1.165) is 31.2 Å². The number of ether oxygens (including phenoxy) is 2. The van der Waals surface area contributed by atoms with Gasteiger partial charge in [0, 0.05) is 45.5 Å². The molecule has 1 aromatic rings. The molecule has 0 bridgehead atoms. The summed E-state index contributed by atoms with van der Waals surface area (Å²) in [4.78, 5) is 15.1. The average Bonchev–Trinajstić information content (AvgIpc) is 2.76. The number of aryl methyl sites for hydroxylation is 1. The third-order valence-electron chi connectivity index (χ3n) is 6.06. The average molecular weight is 439 g/mol. The van der Waals surface area contributed by atoms with Gasteiger partial charge in [0.1, 0.15) is 6.61 Å². The van der Waals surface area contributed by atoms with Gasteiger partial charge in [-0.25, -0.2) is 8.42 Å². The Morgan fingerprint density at radius 3 is 2.27 bits per heavy atom. The third-order valence-corrected chi connectivity index (χ3v) is 7.97. The highest BCUT2D eigenvalue weighted by Gasteiger charge is 2.36. The molecular weight excluding hydrogens is 404 g/mol. The predicted molar refractivity (Wildman–Crippen MR) is 115 cm³/mol. The highest BCUT2D eigenvalue weighted by atomic mass is 32.2. The molecular formula is C22H34N2O5S. The van der Waals surface area contributed by atoms with Crippen LogP contribution >= 0.6 is 0 Å². The van der Waals surface area contributed by atoms with Crippen LogP contribution in [0.3, 0.4) is 0 Å². The fourth-order valence-corrected chi connectivity index (χ4v) is 5.96. The van der Waals surface area contributed by atoms with Gasteiger partial charge in [0.2, 0.25) is 15.9 Å². The van der Waals surface area contributed by atoms with Crippen LogP contribution in [0.25, 0.3) is 0 Å². The minimum absolute atomic E-state index is 0.0165. The number of nitrogens with zero attached hydrogens (tertiary/aromatic N) is 2. The van der Waals surface area contributed by atoms with Crippen LogP contribution in [0, 0.1) is 0 Å². The van der Waals surface area contributed by atoms with Crippen molar-refractivity contribution in [3.8, 4) is 0 Å². The molecule has 0 spiro atoms. The van der Waals surface area contributed by atoms with Crippen molar-refractivity contribution in [2.24, 2.45) is 0 Å². The van der Waals surface area contributed by atoms with Crippen LogP contribution < -0.4 is 0 Å². The fraction of sp³-hybridized carbons (Fsp3) is 0.682. The molecule has 0 radical (unpaired) electrons. The van der Waals surface area contributed by atoms with Crippen LogP contribution in [-0.4, -0.2) is 75.6 Å². The monoisotopic (exact) mass is 438 g/mol. The van der Waals surface area contributed by atoms with Crippen molar-refractivity contribution in [3.05, 3.63) is 29.8 Å². The van der Waals surface area contributed by atoms with E-state index in [4.69, 9.17) is 9.47 Å². The third kappa shape index (κ3) is 5.41. The Labute approximate surface area is 180 Å². The number of hydrogen-bond donors (Lipinski definition) is 0. The van der Waals surface area contributed by atoms with Crippen molar-refractivity contribution in [1.82, 2.24) is 9.21 Å². The molecule has 0 N–H and O–H groups in total. The van der Waals surface area contributed by atoms with Gasteiger partial charge in [0.25, 0.3) is 0 Å². The van der Waals surface area contributed by atoms with E-state index in [1.165, 1.54) is 7.11 Å². The molecule has 3 rings (SSSR count). The van der Waals surface area contributed by atoms with Crippen molar-refractivity contribution in [3.63, 3.8) is 0 Å². The fourth-order valence-electron chi connectivity index (χ4n) is 4.49. The molecule has 2 saturated heterocycles. The number of piperidine rings is 1. The second-order valence-corrected chi connectivity index (χ2v) is 10.0. The summed E-state index contributed by atoms with van der Waals surface area (Å²) in [5.41, 5.74) is 1.15. The second-order valence-electron chi connectivity index (χ2n) is 8.11. The molecule has 2 fully saturated rings. The summed E-state index contributed by atoms with van der Waals surface area (Å²) in [6, 6.07) is 7.40. The number of benzene rings is 1. The number of amides is 1. The summed E-state index contributed by atoms with van der Waals surface area (Å²) in [7, 11) is -1.98. The van der Waals surface area contributed by atoms with Gasteiger partial charge in [-0.1, -0.05) is 25.5 Å². The lowest BCUT2D eigenvalue weighted by atomic mass is 9.98. The van der Waals surface area contributed by atoms with E-state index in [1.807, 2.05) is 17.0 Å². The summed E-state index contributed by atoms with van der Waals surface area (Å²) in [5.74, 6) is -0.0165. The van der Waals surface area contributed by atoms with Crippen LogP contribution in [0.15, 0.2) is 29.2 Å². The maximum absolute atomic E-state index is 13.1. The van der Waals surface area contributed by atoms with Crippen molar-refractivity contribution in [2.45, 2.75) is 62.4 Å². The quantitative estimate of drug-likeness (QED) is 0.623. The Morgan fingerprint density at radius 2 is 1.70 bits per heavy atom. The van der Waals surface area contributed by atoms with Gasteiger partial charge in [-0.3, -0.25) is 4.79 Å². The van der Waals surface area contributed by atoms with Crippen LogP contribution in [0.5, 0.6) is 0 Å². The Hall–Kier alpha value is -1.48. The molecule has 7 nitrogen and oxygen atoms in total. The van der Waals surface area contributed by atoms with Gasteiger partial charge in [-0.2, -0.15) is 4.31 Å². The number of sulfonamides is 1. The van der Waals surface area contributed by atoms with Crippen LogP contribution in [0.1, 0.15) is 44.6 Å². The molecule has 0 aliphatic carbocycles. The first kappa shape index (κ1) is 23.2. The van der Waals surface area contributed by atoms with Crippen molar-refractivity contribution >= 4 is 15.9 Å². The Morgan fingerprint density at radius 1 is 1.10 bits per heavy atom. The van der Waals surface area contributed by atoms with E-state index in [0.29, 0.717) is 44.0 Å². The van der Waals surface area contributed by atoms with Gasteiger partial charge in [-0.15, -0.1) is 0 Å². The summed E-state index contributed by atoms with van der Waals surface area (Å²) in [5, 5.41) is 0. The zero-order chi connectivity index (χ0) is 21.6. The van der Waals surface area contributed by atoms with Crippen molar-refractivity contribution in [1.29, 1.82) is 0 Å². The number of carbonyl (C=O) groups excluding carboxylic acids is 1. The lowest BCUT2D eigenvalue weighted by Crippen LogP contribution is -2.54. The minimum atomic E-state index is -3.51. The first-order chi connectivity index (χ1) is 14.5. The van der Waals surface area contributed by atoms with E-state index in [-0.39, 0.29) is 24.6 Å². The number of hydrogen-bond acceptors (Lipinski definition) is 5. The van der Waals surface area contributed by atoms with E-state index >= 15 is 0 Å². The molecule has 2 aliphatic heterocycles. The second kappa shape index (κ2) is 10.7. The molecule has 30 heavy (non-hydrogen) atoms. The molecule has 1 amide bonds. The summed E-state index contributed by atoms with van der Waals surface area (Å²) >= 11 is 0. The number of rotatable bonds is 8. The van der Waals surface area contributed by atoms with Gasteiger partial charge >= 0.3 is 0 Å². The Kier molecular flexibility index (Phi) is 8.27. The molecule has 8 heteroatoms.